The van der Waals surface area contributed by atoms with Crippen LogP contribution in [-0.2, 0) is 17.0 Å². The molecule has 0 saturated heterocycles. The zero-order chi connectivity index (χ0) is 26.9. The lowest BCUT2D eigenvalue weighted by atomic mass is 10.1. The van der Waals surface area contributed by atoms with Gasteiger partial charge in [-0.15, -0.1) is 0 Å². The van der Waals surface area contributed by atoms with Crippen LogP contribution in [0.4, 0.5) is 32.2 Å². The van der Waals surface area contributed by atoms with Crippen LogP contribution in [0.25, 0.3) is 11.1 Å². The summed E-state index contributed by atoms with van der Waals surface area (Å²) in [4.78, 5) is 5.81. The second-order valence-corrected chi connectivity index (χ2v) is 10.3. The van der Waals surface area contributed by atoms with Gasteiger partial charge in [0, 0.05) is 41.2 Å². The Morgan fingerprint density at radius 3 is 2.19 bits per heavy atom. The molecule has 3 atom stereocenters. The molecule has 0 radical (unpaired) electrons. The van der Waals surface area contributed by atoms with Crippen LogP contribution in [-0.4, -0.2) is 35.1 Å². The van der Waals surface area contributed by atoms with Crippen LogP contribution < -0.4 is 9.64 Å². The Bertz CT molecular complexity index is 1280. The first-order valence-electron chi connectivity index (χ1n) is 11.5. The zero-order valence-corrected chi connectivity index (χ0v) is 20.8. The molecule has 2 aromatic carbocycles. The van der Waals surface area contributed by atoms with E-state index in [0.717, 1.165) is 0 Å². The minimum atomic E-state index is -4.69. The van der Waals surface area contributed by atoms with E-state index in [4.69, 9.17) is 4.74 Å². The molecule has 0 amide bonds. The molecule has 1 saturated carbocycles. The highest BCUT2D eigenvalue weighted by Crippen LogP contribution is 2.41. The molecule has 1 aliphatic rings. The Morgan fingerprint density at radius 2 is 1.65 bits per heavy atom. The van der Waals surface area contributed by atoms with E-state index in [1.807, 2.05) is 0 Å². The van der Waals surface area contributed by atoms with Gasteiger partial charge >= 0.3 is 6.18 Å². The second-order valence-electron chi connectivity index (χ2n) is 8.88. The summed E-state index contributed by atoms with van der Waals surface area (Å²) in [6.45, 7) is 2.41. The van der Waals surface area contributed by atoms with Crippen molar-refractivity contribution < 1.29 is 35.3 Å². The predicted molar refractivity (Wildman–Crippen MR) is 128 cm³/mol. The van der Waals surface area contributed by atoms with Gasteiger partial charge in [0.1, 0.15) is 0 Å². The van der Waals surface area contributed by atoms with Crippen molar-refractivity contribution in [3.8, 4) is 16.9 Å². The largest absolute Gasteiger partial charge is 0.487 e. The van der Waals surface area contributed by atoms with Gasteiger partial charge in [-0.3, -0.25) is 4.21 Å². The van der Waals surface area contributed by atoms with Crippen LogP contribution in [0.1, 0.15) is 18.9 Å². The minimum Gasteiger partial charge on any atom is -0.487 e. The number of anilines is 1. The van der Waals surface area contributed by atoms with E-state index in [9.17, 15) is 30.6 Å². The van der Waals surface area contributed by atoms with Crippen LogP contribution in [0.2, 0.25) is 0 Å². The van der Waals surface area contributed by atoms with Crippen LogP contribution in [0.15, 0.2) is 53.6 Å². The van der Waals surface area contributed by atoms with Gasteiger partial charge in [0.2, 0.25) is 0 Å². The molecule has 37 heavy (non-hydrogen) atoms. The standard InChI is InChI=1S/C26H24F6N2O2S/c1-3-34(25-23(29)11-19(12-33-25)26(30,31)32)13-17-8-18(17)14-36-24-21(27)9-16(10-22(24)28)15-4-6-20(7-5-15)37(2)35/h4-7,9-12,17-18H,3,8,13-14H2,1-2H3. The summed E-state index contributed by atoms with van der Waals surface area (Å²) in [6, 6.07) is 9.28. The molecule has 4 rings (SSSR count). The summed E-state index contributed by atoms with van der Waals surface area (Å²) in [7, 11) is -1.17. The molecule has 0 N–H and O–H groups in total. The fourth-order valence-corrected chi connectivity index (χ4v) is 4.62. The molecular weight excluding hydrogens is 518 g/mol. The summed E-state index contributed by atoms with van der Waals surface area (Å²) >= 11 is 0. The number of halogens is 6. The molecule has 3 unspecified atom stereocenters. The molecule has 11 heteroatoms. The maximum Gasteiger partial charge on any atom is 0.417 e. The lowest BCUT2D eigenvalue weighted by molar-refractivity contribution is -0.138. The lowest BCUT2D eigenvalue weighted by Crippen LogP contribution is -2.28. The maximum atomic E-state index is 14.7. The number of alkyl halides is 3. The van der Waals surface area contributed by atoms with Gasteiger partial charge in [-0.1, -0.05) is 12.1 Å². The van der Waals surface area contributed by atoms with Crippen LogP contribution in [0, 0.1) is 29.3 Å². The Labute approximate surface area is 212 Å². The average molecular weight is 543 g/mol. The lowest BCUT2D eigenvalue weighted by Gasteiger charge is -2.23. The quantitative estimate of drug-likeness (QED) is 0.291. The molecule has 1 aromatic heterocycles. The van der Waals surface area contributed by atoms with Crippen molar-refractivity contribution in [2.24, 2.45) is 11.8 Å². The Kier molecular flexibility index (Phi) is 7.82. The van der Waals surface area contributed by atoms with Crippen molar-refractivity contribution in [3.05, 3.63) is 71.7 Å². The first kappa shape index (κ1) is 27.0. The van der Waals surface area contributed by atoms with Crippen molar-refractivity contribution in [1.29, 1.82) is 0 Å². The normalized spacial score (nSPS) is 17.9. The fourth-order valence-electron chi connectivity index (χ4n) is 4.10. The average Bonchev–Trinajstić information content (AvgIpc) is 3.59. The van der Waals surface area contributed by atoms with Gasteiger partial charge in [0.25, 0.3) is 0 Å². The van der Waals surface area contributed by atoms with E-state index < -0.39 is 45.7 Å². The van der Waals surface area contributed by atoms with E-state index in [0.29, 0.717) is 47.8 Å². The van der Waals surface area contributed by atoms with Gasteiger partial charge < -0.3 is 9.64 Å². The van der Waals surface area contributed by atoms with Gasteiger partial charge in [-0.2, -0.15) is 13.2 Å². The Morgan fingerprint density at radius 1 is 1.00 bits per heavy atom. The van der Waals surface area contributed by atoms with E-state index >= 15 is 0 Å². The number of pyridine rings is 1. The van der Waals surface area contributed by atoms with E-state index in [2.05, 4.69) is 4.98 Å². The van der Waals surface area contributed by atoms with Crippen LogP contribution in [0.3, 0.4) is 0 Å². The van der Waals surface area contributed by atoms with Crippen molar-refractivity contribution in [2.75, 3.05) is 30.9 Å². The number of benzene rings is 2. The molecule has 0 aliphatic heterocycles. The van der Waals surface area contributed by atoms with Gasteiger partial charge in [0.15, 0.2) is 29.0 Å². The Balaban J connectivity index is 1.37. The van der Waals surface area contributed by atoms with Crippen LogP contribution in [0.5, 0.6) is 5.75 Å². The third-order valence-corrected chi connectivity index (χ3v) is 7.25. The molecule has 3 aromatic rings. The van der Waals surface area contributed by atoms with Crippen molar-refractivity contribution in [3.63, 3.8) is 0 Å². The second kappa shape index (κ2) is 10.7. The molecule has 1 heterocycles. The monoisotopic (exact) mass is 542 g/mol. The SMILES string of the molecule is CCN(CC1CC1COc1c(F)cc(-c2ccc(S(C)=O)cc2)cc1F)c1ncc(C(F)(F)F)cc1F. The third-order valence-electron chi connectivity index (χ3n) is 6.31. The first-order chi connectivity index (χ1) is 17.5. The predicted octanol–water partition coefficient (Wildman–Crippen LogP) is 6.46. The smallest absolute Gasteiger partial charge is 0.417 e. The van der Waals surface area contributed by atoms with E-state index in [-0.39, 0.29) is 24.3 Å². The minimum absolute atomic E-state index is 0.0106. The topological polar surface area (TPSA) is 42.4 Å². The molecular formula is C26H24F6N2O2S. The fraction of sp³-hybridized carbons (Fsp3) is 0.346. The van der Waals surface area contributed by atoms with Gasteiger partial charge in [-0.05, 0) is 66.6 Å². The Hall–Kier alpha value is -3.08. The highest BCUT2D eigenvalue weighted by molar-refractivity contribution is 7.84. The summed E-state index contributed by atoms with van der Waals surface area (Å²) in [5.41, 5.74) is -0.290. The molecule has 1 aliphatic carbocycles. The number of hydrogen-bond acceptors (Lipinski definition) is 4. The number of nitrogens with zero attached hydrogens (tertiary/aromatic N) is 2. The maximum absolute atomic E-state index is 14.7. The highest BCUT2D eigenvalue weighted by Gasteiger charge is 2.40. The zero-order valence-electron chi connectivity index (χ0n) is 20.0. The molecule has 198 valence electrons. The summed E-state index contributed by atoms with van der Waals surface area (Å²) < 4.78 is 99.0. The van der Waals surface area contributed by atoms with Gasteiger partial charge in [-0.25, -0.2) is 18.2 Å². The summed E-state index contributed by atoms with van der Waals surface area (Å²) in [5, 5.41) is 0. The van der Waals surface area contributed by atoms with Crippen LogP contribution >= 0.6 is 0 Å². The summed E-state index contributed by atoms with van der Waals surface area (Å²) in [6.07, 6.45) is -1.89. The number of ether oxygens (including phenoxy) is 1. The van der Waals surface area contributed by atoms with E-state index in [1.165, 1.54) is 23.3 Å². The van der Waals surface area contributed by atoms with E-state index in [1.54, 1.807) is 31.2 Å². The molecule has 1 fully saturated rings. The molecule has 0 spiro atoms. The molecule has 4 nitrogen and oxygen atoms in total. The van der Waals surface area contributed by atoms with Crippen molar-refractivity contribution in [1.82, 2.24) is 4.98 Å². The van der Waals surface area contributed by atoms with Gasteiger partial charge in [0.05, 0.1) is 12.2 Å². The van der Waals surface area contributed by atoms with Crippen molar-refractivity contribution in [2.45, 2.75) is 24.4 Å². The third kappa shape index (κ3) is 6.26. The number of aromatic nitrogens is 1. The molecule has 0 bridgehead atoms. The first-order valence-corrected chi connectivity index (χ1v) is 13.1. The number of hydrogen-bond donors (Lipinski definition) is 0. The van der Waals surface area contributed by atoms with Crippen molar-refractivity contribution >= 4 is 16.6 Å². The summed E-state index contributed by atoms with van der Waals surface area (Å²) in [5.74, 6) is -3.49. The highest BCUT2D eigenvalue weighted by atomic mass is 32.2. The number of rotatable bonds is 9.